The summed E-state index contributed by atoms with van der Waals surface area (Å²) in [5, 5.41) is 1.03. The average molecular weight is 613 g/mol. The van der Waals surface area contributed by atoms with E-state index in [1.165, 1.54) is 33.4 Å². The van der Waals surface area contributed by atoms with Crippen molar-refractivity contribution in [3.05, 3.63) is 192 Å². The Kier molecular flexibility index (Phi) is 5.79. The smallest absolute Gasteiger partial charge is 0.160 e. The van der Waals surface area contributed by atoms with E-state index in [0.29, 0.717) is 5.82 Å². The molecule has 0 atom stereocenters. The van der Waals surface area contributed by atoms with E-state index in [2.05, 4.69) is 158 Å². The van der Waals surface area contributed by atoms with Gasteiger partial charge in [0.05, 0.1) is 16.6 Å². The Morgan fingerprint density at radius 3 is 1.73 bits per heavy atom. The molecule has 0 fully saturated rings. The van der Waals surface area contributed by atoms with E-state index in [4.69, 9.17) is 14.7 Å². The number of fused-ring (bicyclic) bond motifs is 10. The summed E-state index contributed by atoms with van der Waals surface area (Å²) in [4.78, 5) is 10.4. The van der Waals surface area contributed by atoms with E-state index in [-0.39, 0.29) is 0 Å². The van der Waals surface area contributed by atoms with Crippen LogP contribution in [0.25, 0.3) is 55.8 Å². The summed E-state index contributed by atoms with van der Waals surface area (Å²) < 4.78 is 6.66. The first-order valence-electron chi connectivity index (χ1n) is 16.3. The summed E-state index contributed by atoms with van der Waals surface area (Å²) in [7, 11) is 0. The molecule has 8 aromatic rings. The van der Waals surface area contributed by atoms with Crippen molar-refractivity contribution in [2.24, 2.45) is 0 Å². The van der Waals surface area contributed by atoms with Crippen LogP contribution in [-0.4, -0.2) is 9.97 Å². The largest absolute Gasteiger partial charge is 0.457 e. The van der Waals surface area contributed by atoms with E-state index < -0.39 is 5.41 Å². The highest BCUT2D eigenvalue weighted by Gasteiger charge is 2.51. The minimum absolute atomic E-state index is 0.541. The third-order valence-electron chi connectivity index (χ3n) is 9.97. The highest BCUT2D eigenvalue weighted by molar-refractivity contribution is 5.94. The lowest BCUT2D eigenvalue weighted by atomic mass is 9.66. The Bertz CT molecular complexity index is 2490. The molecule has 0 N–H and O–H groups in total. The second-order valence-electron chi connectivity index (χ2n) is 12.5. The van der Waals surface area contributed by atoms with E-state index in [0.717, 1.165) is 50.3 Å². The van der Waals surface area contributed by atoms with Crippen LogP contribution in [0.3, 0.4) is 0 Å². The lowest BCUT2D eigenvalue weighted by Gasteiger charge is -2.39. The SMILES string of the molecule is c1ccc(-c2ccc(-c3nc(-c4ccc5c(c4)C4(c6ccccc6O5)c5ccccc5-c5ccccc54)nc4ccccc34)cc2)cc1. The third kappa shape index (κ3) is 3.82. The molecular formula is C45H28N2O. The molecule has 48 heavy (non-hydrogen) atoms. The Morgan fingerprint density at radius 2 is 0.958 bits per heavy atom. The molecule has 3 nitrogen and oxygen atoms in total. The molecule has 7 aromatic carbocycles. The van der Waals surface area contributed by atoms with Crippen molar-refractivity contribution >= 4 is 10.9 Å². The summed E-state index contributed by atoms with van der Waals surface area (Å²) in [5.41, 5.74) is 12.9. The van der Waals surface area contributed by atoms with Crippen LogP contribution in [0, 0.1) is 0 Å². The topological polar surface area (TPSA) is 35.0 Å². The van der Waals surface area contributed by atoms with Crippen LogP contribution >= 0.6 is 0 Å². The second kappa shape index (κ2) is 10.3. The van der Waals surface area contributed by atoms with E-state index in [1.54, 1.807) is 0 Å². The average Bonchev–Trinajstić information content (AvgIpc) is 3.45. The zero-order valence-electron chi connectivity index (χ0n) is 26.0. The van der Waals surface area contributed by atoms with Crippen molar-refractivity contribution in [1.29, 1.82) is 0 Å². The number of rotatable bonds is 3. The highest BCUT2D eigenvalue weighted by atomic mass is 16.5. The number of benzene rings is 7. The fourth-order valence-corrected chi connectivity index (χ4v) is 7.87. The molecule has 1 aliphatic heterocycles. The number of aromatic nitrogens is 2. The molecule has 0 bridgehead atoms. The van der Waals surface area contributed by atoms with Gasteiger partial charge in [0.1, 0.15) is 11.5 Å². The normalized spacial score (nSPS) is 13.3. The van der Waals surface area contributed by atoms with Crippen molar-refractivity contribution in [2.75, 3.05) is 0 Å². The predicted octanol–water partition coefficient (Wildman–Crippen LogP) is 11.1. The van der Waals surface area contributed by atoms with Crippen LogP contribution in [-0.2, 0) is 5.41 Å². The lowest BCUT2D eigenvalue weighted by Crippen LogP contribution is -2.32. The first-order valence-corrected chi connectivity index (χ1v) is 16.3. The summed E-state index contributed by atoms with van der Waals surface area (Å²) in [5.74, 6) is 2.42. The zero-order chi connectivity index (χ0) is 31.7. The van der Waals surface area contributed by atoms with Crippen molar-refractivity contribution in [3.8, 4) is 56.4 Å². The quantitative estimate of drug-likeness (QED) is 0.199. The molecule has 224 valence electrons. The van der Waals surface area contributed by atoms with Crippen LogP contribution < -0.4 is 4.74 Å². The van der Waals surface area contributed by atoms with Gasteiger partial charge in [0.15, 0.2) is 5.82 Å². The molecule has 0 saturated heterocycles. The third-order valence-corrected chi connectivity index (χ3v) is 9.97. The van der Waals surface area contributed by atoms with Crippen molar-refractivity contribution in [3.63, 3.8) is 0 Å². The van der Waals surface area contributed by atoms with Crippen molar-refractivity contribution in [2.45, 2.75) is 5.41 Å². The number of para-hydroxylation sites is 2. The molecule has 2 aliphatic rings. The molecule has 0 amide bonds. The maximum absolute atomic E-state index is 6.66. The number of nitrogens with zero attached hydrogens (tertiary/aromatic N) is 2. The van der Waals surface area contributed by atoms with Gasteiger partial charge in [-0.15, -0.1) is 0 Å². The zero-order valence-corrected chi connectivity index (χ0v) is 26.0. The van der Waals surface area contributed by atoms with Gasteiger partial charge >= 0.3 is 0 Å². The number of hydrogen-bond acceptors (Lipinski definition) is 3. The van der Waals surface area contributed by atoms with Crippen LogP contribution in [0.15, 0.2) is 170 Å². The fourth-order valence-electron chi connectivity index (χ4n) is 7.87. The molecule has 0 unspecified atom stereocenters. The van der Waals surface area contributed by atoms with Gasteiger partial charge in [-0.1, -0.05) is 140 Å². The Balaban J connectivity index is 1.19. The predicted molar refractivity (Wildman–Crippen MR) is 193 cm³/mol. The summed E-state index contributed by atoms with van der Waals surface area (Å²) in [6.07, 6.45) is 0. The summed E-state index contributed by atoms with van der Waals surface area (Å²) in [6, 6.07) is 59.9. The van der Waals surface area contributed by atoms with Gasteiger partial charge in [0, 0.05) is 27.6 Å². The molecule has 0 radical (unpaired) electrons. The van der Waals surface area contributed by atoms with Gasteiger partial charge in [-0.05, 0) is 63.7 Å². The fraction of sp³-hybridized carbons (Fsp3) is 0.0222. The maximum Gasteiger partial charge on any atom is 0.160 e. The molecule has 10 rings (SSSR count). The first-order chi connectivity index (χ1) is 23.8. The molecule has 1 spiro atoms. The van der Waals surface area contributed by atoms with Gasteiger partial charge in [-0.25, -0.2) is 9.97 Å². The van der Waals surface area contributed by atoms with Crippen LogP contribution in [0.4, 0.5) is 0 Å². The Labute approximate surface area is 278 Å². The minimum Gasteiger partial charge on any atom is -0.457 e. The van der Waals surface area contributed by atoms with Gasteiger partial charge in [-0.2, -0.15) is 0 Å². The molecule has 1 aromatic heterocycles. The van der Waals surface area contributed by atoms with Gasteiger partial charge in [0.25, 0.3) is 0 Å². The molecule has 2 heterocycles. The van der Waals surface area contributed by atoms with Crippen molar-refractivity contribution < 1.29 is 4.74 Å². The van der Waals surface area contributed by atoms with Gasteiger partial charge in [0.2, 0.25) is 0 Å². The monoisotopic (exact) mass is 612 g/mol. The second-order valence-corrected chi connectivity index (χ2v) is 12.5. The molecule has 3 heteroatoms. The number of hydrogen-bond donors (Lipinski definition) is 0. The Morgan fingerprint density at radius 1 is 0.396 bits per heavy atom. The van der Waals surface area contributed by atoms with E-state index in [9.17, 15) is 0 Å². The lowest BCUT2D eigenvalue weighted by molar-refractivity contribution is 0.436. The van der Waals surface area contributed by atoms with Crippen molar-refractivity contribution in [1.82, 2.24) is 9.97 Å². The summed E-state index contributed by atoms with van der Waals surface area (Å²) >= 11 is 0. The van der Waals surface area contributed by atoms with Crippen LogP contribution in [0.5, 0.6) is 11.5 Å². The maximum atomic E-state index is 6.66. The van der Waals surface area contributed by atoms with Gasteiger partial charge < -0.3 is 4.74 Å². The number of ether oxygens (including phenoxy) is 1. The molecule has 0 saturated carbocycles. The van der Waals surface area contributed by atoms with E-state index in [1.807, 2.05) is 12.1 Å². The first kappa shape index (κ1) is 26.9. The van der Waals surface area contributed by atoms with Crippen LogP contribution in [0.2, 0.25) is 0 Å². The summed E-state index contributed by atoms with van der Waals surface area (Å²) in [6.45, 7) is 0. The minimum atomic E-state index is -0.541. The highest BCUT2D eigenvalue weighted by Crippen LogP contribution is 2.62. The molecular weight excluding hydrogens is 585 g/mol. The van der Waals surface area contributed by atoms with Gasteiger partial charge in [-0.3, -0.25) is 0 Å². The van der Waals surface area contributed by atoms with Crippen LogP contribution in [0.1, 0.15) is 22.3 Å². The standard InChI is InChI=1S/C45H28N2O/c1-2-12-29(13-3-1)30-22-24-31(25-23-30)43-35-16-6-10-20-40(35)46-44(47-43)32-26-27-42-39(28-32)45(38-19-9-11-21-41(38)48-42)36-17-7-4-14-33(36)34-15-5-8-18-37(34)45/h1-28H. The molecule has 1 aliphatic carbocycles. The Hall–Kier alpha value is -6.32. The van der Waals surface area contributed by atoms with E-state index >= 15 is 0 Å².